The molecule has 10 heteroatoms. The fourth-order valence-electron chi connectivity index (χ4n) is 2.56. The highest BCUT2D eigenvalue weighted by molar-refractivity contribution is 7.32. The SMILES string of the molecule is O=[PH](O)OCCCCNc1cc(-c2cn[nH]c2)c2ccc(Cl)c(Cl)c2n1. The Bertz CT molecular complexity index is 921. The minimum absolute atomic E-state index is 0.253. The van der Waals surface area contributed by atoms with Crippen molar-refractivity contribution < 1.29 is 14.0 Å². The maximum atomic E-state index is 10.5. The number of unbranched alkanes of at least 4 members (excludes halogenated alkanes) is 1. The van der Waals surface area contributed by atoms with Crippen molar-refractivity contribution in [1.82, 2.24) is 15.2 Å². The molecule has 0 radical (unpaired) electrons. The van der Waals surface area contributed by atoms with E-state index in [1.165, 1.54) is 0 Å². The summed E-state index contributed by atoms with van der Waals surface area (Å²) in [5.74, 6) is 0.662. The minimum Gasteiger partial charge on any atom is -0.370 e. The number of hydrogen-bond acceptors (Lipinski definition) is 5. The molecule has 1 aromatic carbocycles. The van der Waals surface area contributed by atoms with E-state index in [2.05, 4.69) is 25.0 Å². The van der Waals surface area contributed by atoms with Gasteiger partial charge in [0.25, 0.3) is 0 Å². The highest BCUT2D eigenvalue weighted by Crippen LogP contribution is 2.36. The number of fused-ring (bicyclic) bond motifs is 1. The van der Waals surface area contributed by atoms with Crippen LogP contribution in [0.5, 0.6) is 0 Å². The first-order valence-electron chi connectivity index (χ1n) is 7.94. The molecule has 3 aromatic rings. The molecule has 0 saturated carbocycles. The van der Waals surface area contributed by atoms with Gasteiger partial charge in [0.1, 0.15) is 5.82 Å². The number of rotatable bonds is 8. The largest absolute Gasteiger partial charge is 0.370 e. The Morgan fingerprint density at radius 2 is 2.15 bits per heavy atom. The van der Waals surface area contributed by atoms with E-state index in [-0.39, 0.29) is 6.61 Å². The van der Waals surface area contributed by atoms with Crippen molar-refractivity contribution in [2.75, 3.05) is 18.5 Å². The third-order valence-electron chi connectivity index (χ3n) is 3.78. The minimum atomic E-state index is -2.86. The molecule has 26 heavy (non-hydrogen) atoms. The third kappa shape index (κ3) is 4.55. The van der Waals surface area contributed by atoms with Gasteiger partial charge in [-0.2, -0.15) is 5.10 Å². The van der Waals surface area contributed by atoms with Gasteiger partial charge in [0.2, 0.25) is 0 Å². The summed E-state index contributed by atoms with van der Waals surface area (Å²) < 4.78 is 15.2. The van der Waals surface area contributed by atoms with Gasteiger partial charge in [0.05, 0.1) is 28.4 Å². The average molecular weight is 415 g/mol. The van der Waals surface area contributed by atoms with E-state index in [0.29, 0.717) is 34.3 Å². The number of aromatic nitrogens is 3. The molecule has 0 bridgehead atoms. The van der Waals surface area contributed by atoms with Crippen LogP contribution < -0.4 is 5.32 Å². The van der Waals surface area contributed by atoms with Crippen LogP contribution >= 0.6 is 31.5 Å². The Morgan fingerprint density at radius 3 is 2.88 bits per heavy atom. The molecule has 3 N–H and O–H groups in total. The Hall–Kier alpha value is -1.63. The molecule has 1 atom stereocenters. The maximum absolute atomic E-state index is 10.5. The fraction of sp³-hybridized carbons (Fsp3) is 0.250. The Morgan fingerprint density at radius 1 is 1.31 bits per heavy atom. The van der Waals surface area contributed by atoms with Gasteiger partial charge < -0.3 is 14.7 Å². The molecule has 138 valence electrons. The van der Waals surface area contributed by atoms with Crippen molar-refractivity contribution in [1.29, 1.82) is 0 Å². The summed E-state index contributed by atoms with van der Waals surface area (Å²) >= 11 is 12.5. The van der Waals surface area contributed by atoms with Crippen molar-refractivity contribution in [3.63, 3.8) is 0 Å². The van der Waals surface area contributed by atoms with E-state index in [1.807, 2.05) is 12.1 Å². The van der Waals surface area contributed by atoms with Crippen LogP contribution in [0, 0.1) is 0 Å². The van der Waals surface area contributed by atoms with Gasteiger partial charge in [-0.15, -0.1) is 0 Å². The van der Waals surface area contributed by atoms with E-state index in [9.17, 15) is 4.57 Å². The van der Waals surface area contributed by atoms with Crippen molar-refractivity contribution in [3.05, 3.63) is 40.6 Å². The Labute approximate surface area is 160 Å². The van der Waals surface area contributed by atoms with Crippen molar-refractivity contribution >= 4 is 48.2 Å². The van der Waals surface area contributed by atoms with Crippen molar-refractivity contribution in [2.24, 2.45) is 0 Å². The summed E-state index contributed by atoms with van der Waals surface area (Å²) in [6.45, 7) is 0.889. The molecule has 2 aromatic heterocycles. The second-order valence-electron chi connectivity index (χ2n) is 5.55. The molecule has 0 aliphatic rings. The number of nitrogens with zero attached hydrogens (tertiary/aromatic N) is 2. The predicted octanol–water partition coefficient (Wildman–Crippen LogP) is 4.52. The zero-order valence-electron chi connectivity index (χ0n) is 13.6. The summed E-state index contributed by atoms with van der Waals surface area (Å²) in [5, 5.41) is 11.8. The Balaban J connectivity index is 1.82. The second-order valence-corrected chi connectivity index (χ2v) is 7.15. The van der Waals surface area contributed by atoms with Crippen LogP contribution in [0.25, 0.3) is 22.0 Å². The van der Waals surface area contributed by atoms with Crippen LogP contribution in [0.1, 0.15) is 12.8 Å². The summed E-state index contributed by atoms with van der Waals surface area (Å²) in [4.78, 5) is 13.2. The monoisotopic (exact) mass is 414 g/mol. The summed E-state index contributed by atoms with van der Waals surface area (Å²) in [7, 11) is -2.86. The highest BCUT2D eigenvalue weighted by Gasteiger charge is 2.13. The number of halogens is 2. The molecule has 0 spiro atoms. The molecule has 3 rings (SSSR count). The van der Waals surface area contributed by atoms with Crippen LogP contribution in [-0.2, 0) is 9.09 Å². The van der Waals surface area contributed by atoms with Gasteiger partial charge in [-0.1, -0.05) is 29.3 Å². The number of anilines is 1. The lowest BCUT2D eigenvalue weighted by Gasteiger charge is -2.12. The molecule has 1 unspecified atom stereocenters. The fourth-order valence-corrected chi connectivity index (χ4v) is 3.24. The summed E-state index contributed by atoms with van der Waals surface area (Å²) in [6.07, 6.45) is 4.96. The van der Waals surface area contributed by atoms with Crippen LogP contribution in [0.3, 0.4) is 0 Å². The van der Waals surface area contributed by atoms with Gasteiger partial charge in [-0.3, -0.25) is 9.66 Å². The maximum Gasteiger partial charge on any atom is 0.316 e. The van der Waals surface area contributed by atoms with Crippen LogP contribution in [0.2, 0.25) is 10.0 Å². The normalized spacial score (nSPS) is 12.4. The first-order valence-corrected chi connectivity index (χ1v) is 9.95. The topological polar surface area (TPSA) is 100 Å². The third-order valence-corrected chi connectivity index (χ3v) is 5.03. The first-order chi connectivity index (χ1) is 12.6. The molecule has 2 heterocycles. The first kappa shape index (κ1) is 19.1. The lowest BCUT2D eigenvalue weighted by atomic mass is 10.0. The number of nitrogens with one attached hydrogen (secondary N) is 2. The van der Waals surface area contributed by atoms with E-state index in [1.54, 1.807) is 18.5 Å². The van der Waals surface area contributed by atoms with Crippen LogP contribution in [0.15, 0.2) is 30.6 Å². The van der Waals surface area contributed by atoms with Crippen LogP contribution in [0.4, 0.5) is 5.82 Å². The van der Waals surface area contributed by atoms with E-state index < -0.39 is 8.25 Å². The predicted molar refractivity (Wildman–Crippen MR) is 104 cm³/mol. The molecule has 0 saturated heterocycles. The van der Waals surface area contributed by atoms with Gasteiger partial charge >= 0.3 is 8.25 Å². The van der Waals surface area contributed by atoms with Crippen molar-refractivity contribution in [2.45, 2.75) is 12.8 Å². The lowest BCUT2D eigenvalue weighted by molar-refractivity contribution is 0.276. The van der Waals surface area contributed by atoms with E-state index in [4.69, 9.17) is 28.1 Å². The molecule has 0 aliphatic carbocycles. The molecule has 0 fully saturated rings. The quantitative estimate of drug-likeness (QED) is 0.370. The summed E-state index contributed by atoms with van der Waals surface area (Å²) in [6, 6.07) is 5.56. The van der Waals surface area contributed by atoms with Gasteiger partial charge in [-0.25, -0.2) is 4.98 Å². The zero-order valence-corrected chi connectivity index (χ0v) is 16.1. The van der Waals surface area contributed by atoms with E-state index in [0.717, 1.165) is 22.9 Å². The highest BCUT2D eigenvalue weighted by atomic mass is 35.5. The van der Waals surface area contributed by atoms with Gasteiger partial charge in [0.15, 0.2) is 0 Å². The Kier molecular flexibility index (Phi) is 6.51. The summed E-state index contributed by atoms with van der Waals surface area (Å²) in [5.41, 5.74) is 2.47. The molecule has 7 nitrogen and oxygen atoms in total. The standard InChI is InChI=1S/C16H17Cl2N4O3P/c17-13-4-3-11-12(10-8-20-21-9-10)7-14(22-16(11)15(13)18)19-5-1-2-6-25-26(23)24/h3-4,7-9,26H,1-2,5-6H2,(H,19,22)(H,20,21)(H,23,24). The van der Waals surface area contributed by atoms with E-state index >= 15 is 0 Å². The average Bonchev–Trinajstić information content (AvgIpc) is 3.15. The van der Waals surface area contributed by atoms with Crippen LogP contribution in [-0.4, -0.2) is 33.2 Å². The van der Waals surface area contributed by atoms with Crippen molar-refractivity contribution in [3.8, 4) is 11.1 Å². The van der Waals surface area contributed by atoms with Gasteiger partial charge in [0, 0.05) is 23.7 Å². The smallest absolute Gasteiger partial charge is 0.316 e. The number of benzene rings is 1. The molecular weight excluding hydrogens is 398 g/mol. The zero-order chi connectivity index (χ0) is 18.5. The number of H-pyrrole nitrogens is 1. The molecule has 0 aliphatic heterocycles. The number of aromatic amines is 1. The lowest BCUT2D eigenvalue weighted by Crippen LogP contribution is -2.05. The number of pyridine rings is 1. The second kappa shape index (κ2) is 8.84. The molecular formula is C16H17Cl2N4O3P. The molecule has 0 amide bonds. The number of hydrogen-bond donors (Lipinski definition) is 3. The van der Waals surface area contributed by atoms with Gasteiger partial charge in [-0.05, 0) is 30.5 Å².